The molecule has 84 valence electrons. The summed E-state index contributed by atoms with van der Waals surface area (Å²) in [5.41, 5.74) is 0.737. The third-order valence-electron chi connectivity index (χ3n) is 2.38. The molecule has 0 aliphatic rings. The van der Waals surface area contributed by atoms with Crippen LogP contribution in [0.15, 0.2) is 18.5 Å². The molecule has 2 aromatic rings. The zero-order valence-electron chi connectivity index (χ0n) is 9.44. The van der Waals surface area contributed by atoms with Crippen molar-refractivity contribution in [3.63, 3.8) is 0 Å². The van der Waals surface area contributed by atoms with E-state index in [1.807, 2.05) is 19.2 Å². The summed E-state index contributed by atoms with van der Waals surface area (Å²) in [6.45, 7) is 0. The van der Waals surface area contributed by atoms with Gasteiger partial charge >= 0.3 is 0 Å². The molecule has 1 N–H and O–H groups in total. The van der Waals surface area contributed by atoms with Gasteiger partial charge in [-0.1, -0.05) is 0 Å². The standard InChI is InChI=1S/C11H13N3O2/c1-12-11-7-4-5-8(15-2)10(16-3)9(7)13-6-14-11/h4-6H,1-3H3,(H,12,13,14). The minimum absolute atomic E-state index is 0.624. The molecule has 2 rings (SSSR count). The molecule has 5 nitrogen and oxygen atoms in total. The van der Waals surface area contributed by atoms with Gasteiger partial charge in [0.25, 0.3) is 0 Å². The van der Waals surface area contributed by atoms with Crippen LogP contribution in [0.4, 0.5) is 5.82 Å². The van der Waals surface area contributed by atoms with Gasteiger partial charge in [0.15, 0.2) is 11.5 Å². The maximum absolute atomic E-state index is 5.31. The predicted octanol–water partition coefficient (Wildman–Crippen LogP) is 1.69. The first-order valence-corrected chi connectivity index (χ1v) is 4.85. The predicted molar refractivity (Wildman–Crippen MR) is 62.2 cm³/mol. The lowest BCUT2D eigenvalue weighted by Crippen LogP contribution is -1.98. The Morgan fingerprint density at radius 2 is 1.94 bits per heavy atom. The van der Waals surface area contributed by atoms with Crippen molar-refractivity contribution >= 4 is 16.7 Å². The van der Waals surface area contributed by atoms with Crippen molar-refractivity contribution in [1.29, 1.82) is 0 Å². The Morgan fingerprint density at radius 3 is 2.56 bits per heavy atom. The smallest absolute Gasteiger partial charge is 0.187 e. The second kappa shape index (κ2) is 4.22. The number of aromatic nitrogens is 2. The molecule has 0 saturated carbocycles. The Balaban J connectivity index is 2.78. The number of hydrogen-bond acceptors (Lipinski definition) is 5. The molecular weight excluding hydrogens is 206 g/mol. The number of benzene rings is 1. The van der Waals surface area contributed by atoms with E-state index in [-0.39, 0.29) is 0 Å². The number of nitrogens with zero attached hydrogens (tertiary/aromatic N) is 2. The third kappa shape index (κ3) is 1.50. The average Bonchev–Trinajstić information content (AvgIpc) is 2.36. The number of nitrogens with one attached hydrogen (secondary N) is 1. The lowest BCUT2D eigenvalue weighted by molar-refractivity contribution is 0.358. The Morgan fingerprint density at radius 1 is 1.12 bits per heavy atom. The highest BCUT2D eigenvalue weighted by Crippen LogP contribution is 2.35. The molecule has 0 bridgehead atoms. The lowest BCUT2D eigenvalue weighted by atomic mass is 10.2. The highest BCUT2D eigenvalue weighted by molar-refractivity contribution is 5.94. The fourth-order valence-electron chi connectivity index (χ4n) is 1.64. The van der Waals surface area contributed by atoms with Crippen LogP contribution in [0, 0.1) is 0 Å². The van der Waals surface area contributed by atoms with E-state index in [0.717, 1.165) is 16.7 Å². The Kier molecular flexibility index (Phi) is 2.76. The van der Waals surface area contributed by atoms with E-state index >= 15 is 0 Å². The summed E-state index contributed by atoms with van der Waals surface area (Å²) in [6, 6.07) is 3.74. The first-order chi connectivity index (χ1) is 7.81. The molecule has 5 heteroatoms. The Bertz CT molecular complexity index is 514. The largest absolute Gasteiger partial charge is 0.493 e. The second-order valence-electron chi connectivity index (χ2n) is 3.17. The van der Waals surface area contributed by atoms with E-state index in [9.17, 15) is 0 Å². The molecule has 0 fully saturated rings. The van der Waals surface area contributed by atoms with Crippen LogP contribution >= 0.6 is 0 Å². The number of fused-ring (bicyclic) bond motifs is 1. The van der Waals surface area contributed by atoms with E-state index in [1.165, 1.54) is 6.33 Å². The quantitative estimate of drug-likeness (QED) is 0.851. The lowest BCUT2D eigenvalue weighted by Gasteiger charge is -2.11. The topological polar surface area (TPSA) is 56.3 Å². The fraction of sp³-hybridized carbons (Fsp3) is 0.273. The van der Waals surface area contributed by atoms with Crippen LogP contribution in [-0.4, -0.2) is 31.2 Å². The van der Waals surface area contributed by atoms with Crippen LogP contribution in [0.3, 0.4) is 0 Å². The van der Waals surface area contributed by atoms with Crippen LogP contribution in [-0.2, 0) is 0 Å². The molecule has 1 aromatic heterocycles. The molecule has 0 amide bonds. The first kappa shape index (κ1) is 10.5. The summed E-state index contributed by atoms with van der Waals surface area (Å²) < 4.78 is 10.5. The SMILES string of the molecule is CNc1ncnc2c(OC)c(OC)ccc12. The monoisotopic (exact) mass is 219 g/mol. The summed E-state index contributed by atoms with van der Waals surface area (Å²) in [5, 5.41) is 3.92. The number of hydrogen-bond donors (Lipinski definition) is 1. The second-order valence-corrected chi connectivity index (χ2v) is 3.17. The minimum atomic E-state index is 0.624. The van der Waals surface area contributed by atoms with Gasteiger partial charge in [-0.05, 0) is 12.1 Å². The molecule has 0 atom stereocenters. The van der Waals surface area contributed by atoms with Gasteiger partial charge in [-0.15, -0.1) is 0 Å². The minimum Gasteiger partial charge on any atom is -0.493 e. The van der Waals surface area contributed by atoms with Crippen molar-refractivity contribution in [3.05, 3.63) is 18.5 Å². The molecule has 0 aliphatic heterocycles. The van der Waals surface area contributed by atoms with Crippen molar-refractivity contribution in [2.45, 2.75) is 0 Å². The van der Waals surface area contributed by atoms with Gasteiger partial charge in [0.1, 0.15) is 17.7 Å². The molecule has 0 aliphatic carbocycles. The number of anilines is 1. The van der Waals surface area contributed by atoms with Crippen LogP contribution in [0.25, 0.3) is 10.9 Å². The summed E-state index contributed by atoms with van der Waals surface area (Å²) >= 11 is 0. The van der Waals surface area contributed by atoms with Crippen LogP contribution in [0.5, 0.6) is 11.5 Å². The molecule has 16 heavy (non-hydrogen) atoms. The van der Waals surface area contributed by atoms with Gasteiger partial charge in [0, 0.05) is 12.4 Å². The van der Waals surface area contributed by atoms with Gasteiger partial charge in [-0.2, -0.15) is 0 Å². The molecular formula is C11H13N3O2. The van der Waals surface area contributed by atoms with Crippen LogP contribution in [0.1, 0.15) is 0 Å². The molecule has 1 aromatic carbocycles. The summed E-state index contributed by atoms with van der Waals surface area (Å²) in [4.78, 5) is 8.35. The highest BCUT2D eigenvalue weighted by Gasteiger charge is 2.12. The van der Waals surface area contributed by atoms with Crippen molar-refractivity contribution in [1.82, 2.24) is 9.97 Å². The normalized spacial score (nSPS) is 10.2. The van der Waals surface area contributed by atoms with Crippen molar-refractivity contribution in [2.24, 2.45) is 0 Å². The van der Waals surface area contributed by atoms with Crippen LogP contribution in [0.2, 0.25) is 0 Å². The van der Waals surface area contributed by atoms with Crippen molar-refractivity contribution < 1.29 is 9.47 Å². The maximum Gasteiger partial charge on any atom is 0.187 e. The van der Waals surface area contributed by atoms with E-state index in [4.69, 9.17) is 9.47 Å². The van der Waals surface area contributed by atoms with Crippen molar-refractivity contribution in [3.8, 4) is 11.5 Å². The zero-order valence-corrected chi connectivity index (χ0v) is 9.44. The van der Waals surface area contributed by atoms with Crippen LogP contribution < -0.4 is 14.8 Å². The number of ether oxygens (including phenoxy) is 2. The average molecular weight is 219 g/mol. The van der Waals surface area contributed by atoms with E-state index < -0.39 is 0 Å². The summed E-state index contributed by atoms with van der Waals surface area (Å²) in [5.74, 6) is 2.06. The molecule has 1 heterocycles. The molecule has 0 saturated heterocycles. The molecule has 0 radical (unpaired) electrons. The van der Waals surface area contributed by atoms with Crippen molar-refractivity contribution in [2.75, 3.05) is 26.6 Å². The Hall–Kier alpha value is -2.04. The van der Waals surface area contributed by atoms with E-state index in [0.29, 0.717) is 11.5 Å². The molecule has 0 unspecified atom stereocenters. The Labute approximate surface area is 93.4 Å². The summed E-state index contributed by atoms with van der Waals surface area (Å²) in [6.07, 6.45) is 1.50. The highest BCUT2D eigenvalue weighted by atomic mass is 16.5. The fourth-order valence-corrected chi connectivity index (χ4v) is 1.64. The number of rotatable bonds is 3. The van der Waals surface area contributed by atoms with Gasteiger partial charge in [0.2, 0.25) is 0 Å². The number of methoxy groups -OCH3 is 2. The maximum atomic E-state index is 5.31. The van der Waals surface area contributed by atoms with Gasteiger partial charge in [-0.3, -0.25) is 0 Å². The van der Waals surface area contributed by atoms with E-state index in [2.05, 4.69) is 15.3 Å². The molecule has 0 spiro atoms. The summed E-state index contributed by atoms with van der Waals surface area (Å²) in [7, 11) is 5.01. The zero-order chi connectivity index (χ0) is 11.5. The van der Waals surface area contributed by atoms with Gasteiger partial charge < -0.3 is 14.8 Å². The van der Waals surface area contributed by atoms with Gasteiger partial charge in [-0.25, -0.2) is 9.97 Å². The van der Waals surface area contributed by atoms with E-state index in [1.54, 1.807) is 14.2 Å². The third-order valence-corrected chi connectivity index (χ3v) is 2.38. The van der Waals surface area contributed by atoms with Gasteiger partial charge in [0.05, 0.1) is 14.2 Å². The first-order valence-electron chi connectivity index (χ1n) is 4.85.